The smallest absolute Gasteiger partial charge is 0.339 e. The zero-order valence-electron chi connectivity index (χ0n) is 24.2. The molecule has 4 aromatic rings. The van der Waals surface area contributed by atoms with Crippen molar-refractivity contribution in [2.24, 2.45) is 5.92 Å². The maximum absolute atomic E-state index is 14.7. The van der Waals surface area contributed by atoms with Crippen LogP contribution in [0.4, 0.5) is 17.6 Å². The minimum atomic E-state index is -4.57. The number of carbonyl (C=O) groups is 1. The Balaban J connectivity index is 1.73. The summed E-state index contributed by atoms with van der Waals surface area (Å²) in [4.78, 5) is 38.3. The highest BCUT2D eigenvalue weighted by molar-refractivity contribution is 7.13. The summed E-state index contributed by atoms with van der Waals surface area (Å²) >= 11 is 1.14. The Labute approximate surface area is 251 Å². The number of rotatable bonds is 7. The van der Waals surface area contributed by atoms with Gasteiger partial charge in [0.1, 0.15) is 16.5 Å². The molecule has 3 aromatic heterocycles. The summed E-state index contributed by atoms with van der Waals surface area (Å²) in [6, 6.07) is 8.08. The molecule has 0 N–H and O–H groups in total. The van der Waals surface area contributed by atoms with Crippen molar-refractivity contribution in [2.75, 3.05) is 13.1 Å². The van der Waals surface area contributed by atoms with Gasteiger partial charge in [-0.15, -0.1) is 11.3 Å². The standard InChI is InChI=1S/C32H32F4N4O2S/c1-4-20-8-10-22(33)15-26(20)40-27(14-19(2)3)23(30(41)39-12-6-5-7-13-39)16-24(31(40)42)29-38-25(18-43-29)21-9-11-28(37-17-21)32(34,35)36/h8-11,15-19H,4-7,12-14H2,1-3H3. The average Bonchev–Trinajstić information content (AvgIpc) is 3.47. The van der Waals surface area contributed by atoms with Crippen molar-refractivity contribution in [3.63, 3.8) is 0 Å². The van der Waals surface area contributed by atoms with E-state index in [0.29, 0.717) is 59.1 Å². The van der Waals surface area contributed by atoms with Crippen molar-refractivity contribution >= 4 is 17.2 Å². The first-order valence-corrected chi connectivity index (χ1v) is 15.2. The van der Waals surface area contributed by atoms with E-state index >= 15 is 0 Å². The van der Waals surface area contributed by atoms with Gasteiger partial charge in [-0.2, -0.15) is 13.2 Å². The Morgan fingerprint density at radius 2 is 1.81 bits per heavy atom. The molecule has 1 aliphatic heterocycles. The number of likely N-dealkylation sites (tertiary alicyclic amines) is 1. The second kappa shape index (κ2) is 12.4. The summed E-state index contributed by atoms with van der Waals surface area (Å²) < 4.78 is 55.2. The van der Waals surface area contributed by atoms with Gasteiger partial charge in [0.25, 0.3) is 11.5 Å². The van der Waals surface area contributed by atoms with Gasteiger partial charge in [-0.05, 0) is 73.9 Å². The van der Waals surface area contributed by atoms with Gasteiger partial charge in [-0.25, -0.2) is 9.37 Å². The fourth-order valence-electron chi connectivity index (χ4n) is 5.39. The Bertz CT molecular complexity index is 1690. The Hall–Kier alpha value is -3.86. The number of pyridine rings is 2. The Morgan fingerprint density at radius 3 is 2.44 bits per heavy atom. The highest BCUT2D eigenvalue weighted by Gasteiger charge is 2.32. The number of benzene rings is 1. The van der Waals surface area contributed by atoms with Crippen molar-refractivity contribution in [3.05, 3.63) is 86.7 Å². The van der Waals surface area contributed by atoms with E-state index in [-0.39, 0.29) is 17.4 Å². The molecule has 0 spiro atoms. The molecule has 0 atom stereocenters. The third kappa shape index (κ3) is 6.41. The van der Waals surface area contributed by atoms with Crippen LogP contribution in [0.3, 0.4) is 0 Å². The summed E-state index contributed by atoms with van der Waals surface area (Å²) in [5, 5.41) is 1.93. The van der Waals surface area contributed by atoms with E-state index in [4.69, 9.17) is 0 Å². The summed E-state index contributed by atoms with van der Waals surface area (Å²) in [7, 11) is 0. The quantitative estimate of drug-likeness (QED) is 0.202. The second-order valence-electron chi connectivity index (χ2n) is 11.1. The molecule has 0 unspecified atom stereocenters. The number of thiazole rings is 1. The lowest BCUT2D eigenvalue weighted by Gasteiger charge is -2.29. The molecule has 1 aliphatic rings. The van der Waals surface area contributed by atoms with E-state index in [1.807, 2.05) is 20.8 Å². The molecule has 4 heterocycles. The van der Waals surface area contributed by atoms with Gasteiger partial charge in [0.15, 0.2) is 0 Å². The van der Waals surface area contributed by atoms with Crippen molar-refractivity contribution in [1.29, 1.82) is 0 Å². The van der Waals surface area contributed by atoms with Gasteiger partial charge in [-0.1, -0.05) is 26.8 Å². The maximum Gasteiger partial charge on any atom is 0.433 e. The first kappa shape index (κ1) is 30.6. The van der Waals surface area contributed by atoms with Crippen LogP contribution in [-0.4, -0.2) is 38.4 Å². The fraction of sp³-hybridized carbons (Fsp3) is 0.375. The largest absolute Gasteiger partial charge is 0.433 e. The topological polar surface area (TPSA) is 68.1 Å². The molecular formula is C32H32F4N4O2S. The molecular weight excluding hydrogens is 580 g/mol. The van der Waals surface area contributed by atoms with Gasteiger partial charge in [0.2, 0.25) is 0 Å². The lowest BCUT2D eigenvalue weighted by molar-refractivity contribution is -0.141. The molecule has 43 heavy (non-hydrogen) atoms. The monoisotopic (exact) mass is 612 g/mol. The van der Waals surface area contributed by atoms with Crippen LogP contribution < -0.4 is 5.56 Å². The SMILES string of the molecule is CCc1ccc(F)cc1-n1c(CC(C)C)c(C(=O)N2CCCCC2)cc(-c2nc(-c3ccc(C(F)(F)F)nc3)cs2)c1=O. The minimum Gasteiger partial charge on any atom is -0.339 e. The number of alkyl halides is 3. The first-order valence-electron chi connectivity index (χ1n) is 14.3. The second-order valence-corrected chi connectivity index (χ2v) is 12.0. The van der Waals surface area contributed by atoms with Crippen molar-refractivity contribution in [2.45, 2.75) is 59.1 Å². The lowest BCUT2D eigenvalue weighted by Crippen LogP contribution is -2.38. The molecule has 0 bridgehead atoms. The lowest BCUT2D eigenvalue weighted by atomic mass is 9.98. The van der Waals surface area contributed by atoms with Crippen LogP contribution in [0, 0.1) is 11.7 Å². The molecule has 1 fully saturated rings. The number of hydrogen-bond acceptors (Lipinski definition) is 5. The Kier molecular flexibility index (Phi) is 8.82. The molecule has 1 aromatic carbocycles. The maximum atomic E-state index is 14.7. The molecule has 226 valence electrons. The fourth-order valence-corrected chi connectivity index (χ4v) is 6.22. The summed E-state index contributed by atoms with van der Waals surface area (Å²) in [6.45, 7) is 7.12. The van der Waals surface area contributed by atoms with Crippen LogP contribution in [0.2, 0.25) is 0 Å². The number of hydrogen-bond donors (Lipinski definition) is 0. The number of nitrogens with zero attached hydrogens (tertiary/aromatic N) is 4. The number of aromatic nitrogens is 3. The van der Waals surface area contributed by atoms with Gasteiger partial charge >= 0.3 is 6.18 Å². The van der Waals surface area contributed by atoms with Gasteiger partial charge in [-0.3, -0.25) is 19.1 Å². The van der Waals surface area contributed by atoms with Crippen LogP contribution in [-0.2, 0) is 19.0 Å². The predicted octanol–water partition coefficient (Wildman–Crippen LogP) is 7.57. The molecule has 0 radical (unpaired) electrons. The van der Waals surface area contributed by atoms with E-state index in [2.05, 4.69) is 9.97 Å². The molecule has 11 heteroatoms. The highest BCUT2D eigenvalue weighted by atomic mass is 32.1. The van der Waals surface area contributed by atoms with Crippen molar-refractivity contribution < 1.29 is 22.4 Å². The normalized spacial score (nSPS) is 14.0. The molecule has 0 aliphatic carbocycles. The number of piperidine rings is 1. The number of carbonyl (C=O) groups excluding carboxylic acids is 1. The van der Waals surface area contributed by atoms with Crippen molar-refractivity contribution in [1.82, 2.24) is 19.4 Å². The first-order chi connectivity index (χ1) is 20.5. The number of amides is 1. The van der Waals surface area contributed by atoms with E-state index in [1.165, 1.54) is 22.8 Å². The van der Waals surface area contributed by atoms with E-state index < -0.39 is 23.2 Å². The highest BCUT2D eigenvalue weighted by Crippen LogP contribution is 2.33. The zero-order chi connectivity index (χ0) is 30.9. The third-order valence-corrected chi connectivity index (χ3v) is 8.41. The zero-order valence-corrected chi connectivity index (χ0v) is 25.0. The average molecular weight is 613 g/mol. The number of halogens is 4. The molecule has 5 rings (SSSR count). The molecule has 0 saturated carbocycles. The minimum absolute atomic E-state index is 0.0849. The molecule has 1 saturated heterocycles. The third-order valence-electron chi connectivity index (χ3n) is 7.53. The van der Waals surface area contributed by atoms with Crippen molar-refractivity contribution in [3.8, 4) is 27.5 Å². The van der Waals surface area contributed by atoms with Gasteiger partial charge in [0.05, 0.1) is 22.5 Å². The van der Waals surface area contributed by atoms with Crippen LogP contribution in [0.5, 0.6) is 0 Å². The van der Waals surface area contributed by atoms with Crippen LogP contribution in [0.15, 0.2) is 52.8 Å². The molecule has 6 nitrogen and oxygen atoms in total. The van der Waals surface area contributed by atoms with Crippen LogP contribution in [0.1, 0.15) is 67.3 Å². The van der Waals surface area contributed by atoms with Crippen LogP contribution >= 0.6 is 11.3 Å². The molecule has 1 amide bonds. The van der Waals surface area contributed by atoms with Gasteiger partial charge < -0.3 is 4.90 Å². The Morgan fingerprint density at radius 1 is 1.07 bits per heavy atom. The summed E-state index contributed by atoms with van der Waals surface area (Å²) in [6.07, 6.45) is 0.279. The van der Waals surface area contributed by atoms with E-state index in [1.54, 1.807) is 22.4 Å². The summed E-state index contributed by atoms with van der Waals surface area (Å²) in [5.74, 6) is -0.611. The van der Waals surface area contributed by atoms with E-state index in [0.717, 1.165) is 48.4 Å². The van der Waals surface area contributed by atoms with Crippen LogP contribution in [0.25, 0.3) is 27.5 Å². The number of aryl methyl sites for hydroxylation is 1. The predicted molar refractivity (Wildman–Crippen MR) is 159 cm³/mol. The summed E-state index contributed by atoms with van der Waals surface area (Å²) in [5.41, 5.74) is 1.41. The van der Waals surface area contributed by atoms with Gasteiger partial charge in [0, 0.05) is 35.9 Å². The van der Waals surface area contributed by atoms with E-state index in [9.17, 15) is 27.2 Å².